The van der Waals surface area contributed by atoms with Crippen LogP contribution in [0.25, 0.3) is 0 Å². The van der Waals surface area contributed by atoms with Crippen molar-refractivity contribution in [3.8, 4) is 0 Å². The van der Waals surface area contributed by atoms with Crippen LogP contribution in [0, 0.1) is 12.8 Å². The normalized spacial score (nSPS) is 22.6. The van der Waals surface area contributed by atoms with Gasteiger partial charge in [-0.25, -0.2) is 0 Å². The quantitative estimate of drug-likeness (QED) is 0.679. The number of rotatable bonds is 8. The molecule has 0 aliphatic heterocycles. The number of thiophene rings is 1. The van der Waals surface area contributed by atoms with Crippen molar-refractivity contribution < 1.29 is 4.74 Å². The van der Waals surface area contributed by atoms with Gasteiger partial charge < -0.3 is 10.1 Å². The average Bonchev–Trinajstić information content (AvgIpc) is 2.86. The van der Waals surface area contributed by atoms with E-state index in [0.717, 1.165) is 25.6 Å². The molecule has 1 aliphatic rings. The molecule has 2 atom stereocenters. The van der Waals surface area contributed by atoms with Crippen molar-refractivity contribution >= 4 is 11.3 Å². The Morgan fingerprint density at radius 3 is 2.86 bits per heavy atom. The van der Waals surface area contributed by atoms with Gasteiger partial charge in [0.2, 0.25) is 0 Å². The van der Waals surface area contributed by atoms with Crippen LogP contribution in [0.2, 0.25) is 0 Å². The molecule has 2 rings (SSSR count). The number of ether oxygens (including phenoxy) is 1. The maximum absolute atomic E-state index is 6.28. The highest BCUT2D eigenvalue weighted by Crippen LogP contribution is 2.31. The molecule has 120 valence electrons. The molecule has 2 nitrogen and oxygen atoms in total. The van der Waals surface area contributed by atoms with E-state index in [1.54, 1.807) is 0 Å². The minimum absolute atomic E-state index is 0.490. The summed E-state index contributed by atoms with van der Waals surface area (Å²) < 4.78 is 6.28. The van der Waals surface area contributed by atoms with Crippen LogP contribution in [-0.4, -0.2) is 12.6 Å². The van der Waals surface area contributed by atoms with E-state index in [4.69, 9.17) is 4.74 Å². The summed E-state index contributed by atoms with van der Waals surface area (Å²) in [5.74, 6) is 0.781. The van der Waals surface area contributed by atoms with Crippen LogP contribution in [0.4, 0.5) is 0 Å². The lowest BCUT2D eigenvalue weighted by Gasteiger charge is -2.30. The van der Waals surface area contributed by atoms with Crippen LogP contribution < -0.4 is 5.32 Å². The number of hydrogen-bond donors (Lipinski definition) is 1. The summed E-state index contributed by atoms with van der Waals surface area (Å²) in [7, 11) is 0. The molecule has 3 heteroatoms. The molecule has 1 heterocycles. The lowest BCUT2D eigenvalue weighted by Crippen LogP contribution is -2.27. The van der Waals surface area contributed by atoms with Crippen LogP contribution in [0.5, 0.6) is 0 Å². The number of aryl methyl sites for hydroxylation is 1. The second kappa shape index (κ2) is 8.92. The van der Waals surface area contributed by atoms with Gasteiger partial charge in [-0.1, -0.05) is 33.1 Å². The van der Waals surface area contributed by atoms with E-state index in [-0.39, 0.29) is 0 Å². The zero-order chi connectivity index (χ0) is 15.1. The molecule has 0 spiro atoms. The fraction of sp³-hybridized carbons (Fsp3) is 0.778. The van der Waals surface area contributed by atoms with Crippen LogP contribution in [0.15, 0.2) is 6.07 Å². The van der Waals surface area contributed by atoms with E-state index in [1.165, 1.54) is 53.8 Å². The molecular formula is C18H31NOS. The highest BCUT2D eigenvalue weighted by Gasteiger charge is 2.24. The predicted molar refractivity (Wildman–Crippen MR) is 91.9 cm³/mol. The molecule has 0 radical (unpaired) electrons. The van der Waals surface area contributed by atoms with Crippen molar-refractivity contribution in [1.82, 2.24) is 5.32 Å². The molecule has 1 aliphatic carbocycles. The molecular weight excluding hydrogens is 278 g/mol. The summed E-state index contributed by atoms with van der Waals surface area (Å²) in [6.07, 6.45) is 8.30. The van der Waals surface area contributed by atoms with Crippen LogP contribution in [0.3, 0.4) is 0 Å². The van der Waals surface area contributed by atoms with E-state index >= 15 is 0 Å². The smallest absolute Gasteiger partial charge is 0.0731 e. The minimum atomic E-state index is 0.490. The van der Waals surface area contributed by atoms with Crippen molar-refractivity contribution in [2.24, 2.45) is 5.92 Å². The summed E-state index contributed by atoms with van der Waals surface area (Å²) in [5.41, 5.74) is 1.40. The van der Waals surface area contributed by atoms with Crippen molar-refractivity contribution in [1.29, 1.82) is 0 Å². The van der Waals surface area contributed by atoms with Crippen molar-refractivity contribution in [3.63, 3.8) is 0 Å². The molecule has 1 fully saturated rings. The molecule has 1 aromatic heterocycles. The summed E-state index contributed by atoms with van der Waals surface area (Å²) in [4.78, 5) is 2.86. The van der Waals surface area contributed by atoms with Gasteiger partial charge in [0.25, 0.3) is 0 Å². The largest absolute Gasteiger partial charge is 0.373 e. The molecule has 1 aromatic rings. The van der Waals surface area contributed by atoms with Gasteiger partial charge in [-0.15, -0.1) is 11.3 Å². The Hall–Kier alpha value is -0.380. The van der Waals surface area contributed by atoms with E-state index < -0.39 is 0 Å². The Kier molecular flexibility index (Phi) is 7.21. The van der Waals surface area contributed by atoms with Gasteiger partial charge in [0.1, 0.15) is 0 Å². The monoisotopic (exact) mass is 309 g/mol. The molecule has 2 unspecified atom stereocenters. The van der Waals surface area contributed by atoms with Crippen molar-refractivity contribution in [2.45, 2.75) is 78.6 Å². The molecule has 0 bridgehead atoms. The first-order valence-electron chi connectivity index (χ1n) is 8.65. The first-order valence-corrected chi connectivity index (χ1v) is 9.46. The number of hydrogen-bond acceptors (Lipinski definition) is 3. The lowest BCUT2D eigenvalue weighted by atomic mass is 9.85. The Morgan fingerprint density at radius 2 is 2.10 bits per heavy atom. The third-order valence-electron chi connectivity index (χ3n) is 4.61. The third-order valence-corrected chi connectivity index (χ3v) is 5.71. The minimum Gasteiger partial charge on any atom is -0.373 e. The first-order chi connectivity index (χ1) is 10.2. The summed E-state index contributed by atoms with van der Waals surface area (Å²) in [6, 6.07) is 2.34. The van der Waals surface area contributed by atoms with E-state index in [0.29, 0.717) is 6.10 Å². The molecule has 0 saturated heterocycles. The molecule has 0 aromatic carbocycles. The van der Waals surface area contributed by atoms with Gasteiger partial charge in [-0.2, -0.15) is 0 Å². The maximum atomic E-state index is 6.28. The maximum Gasteiger partial charge on any atom is 0.0731 e. The topological polar surface area (TPSA) is 21.3 Å². The van der Waals surface area contributed by atoms with Gasteiger partial charge >= 0.3 is 0 Å². The fourth-order valence-corrected chi connectivity index (χ4v) is 4.28. The second-order valence-corrected chi connectivity index (χ2v) is 7.61. The highest BCUT2D eigenvalue weighted by molar-refractivity contribution is 7.12. The van der Waals surface area contributed by atoms with E-state index in [2.05, 4.69) is 32.2 Å². The van der Waals surface area contributed by atoms with Gasteiger partial charge in [0.05, 0.1) is 12.7 Å². The van der Waals surface area contributed by atoms with Gasteiger partial charge in [0.15, 0.2) is 0 Å². The Balaban J connectivity index is 1.84. The third kappa shape index (κ3) is 5.08. The second-order valence-electron chi connectivity index (χ2n) is 6.27. The average molecular weight is 310 g/mol. The lowest BCUT2D eigenvalue weighted by molar-refractivity contribution is -0.0222. The molecule has 1 saturated carbocycles. The molecule has 21 heavy (non-hydrogen) atoms. The van der Waals surface area contributed by atoms with Gasteiger partial charge in [-0.3, -0.25) is 0 Å². The Morgan fingerprint density at radius 1 is 1.29 bits per heavy atom. The van der Waals surface area contributed by atoms with Gasteiger partial charge in [0, 0.05) is 16.3 Å². The zero-order valence-corrected chi connectivity index (χ0v) is 14.7. The SMILES string of the molecule is CCCNCc1cc(COC2CCCCC2CC)c(C)s1. The van der Waals surface area contributed by atoms with Crippen LogP contribution in [-0.2, 0) is 17.9 Å². The van der Waals surface area contributed by atoms with E-state index in [1.807, 2.05) is 11.3 Å². The molecule has 0 amide bonds. The Bertz CT molecular complexity index is 415. The zero-order valence-electron chi connectivity index (χ0n) is 13.9. The fourth-order valence-electron chi connectivity index (χ4n) is 3.26. The molecule has 1 N–H and O–H groups in total. The first kappa shape index (κ1) is 17.0. The standard InChI is InChI=1S/C18H31NOS/c1-4-10-19-12-17-11-16(14(3)21-17)13-20-18-9-7-6-8-15(18)5-2/h11,15,18-19H,4-10,12-13H2,1-3H3. The van der Waals surface area contributed by atoms with Crippen LogP contribution in [0.1, 0.15) is 67.7 Å². The highest BCUT2D eigenvalue weighted by atomic mass is 32.1. The summed E-state index contributed by atoms with van der Waals surface area (Å²) in [5, 5.41) is 3.48. The summed E-state index contributed by atoms with van der Waals surface area (Å²) in [6.45, 7) is 9.64. The Labute approximate surface area is 134 Å². The summed E-state index contributed by atoms with van der Waals surface area (Å²) >= 11 is 1.92. The number of nitrogens with one attached hydrogen (secondary N) is 1. The predicted octanol–water partition coefficient (Wildman–Crippen LogP) is 5.04. The van der Waals surface area contributed by atoms with Crippen molar-refractivity contribution in [3.05, 3.63) is 21.4 Å². The van der Waals surface area contributed by atoms with Gasteiger partial charge in [-0.05, 0) is 50.3 Å². The van der Waals surface area contributed by atoms with E-state index in [9.17, 15) is 0 Å². The van der Waals surface area contributed by atoms with Crippen LogP contribution >= 0.6 is 11.3 Å². The van der Waals surface area contributed by atoms with Crippen molar-refractivity contribution in [2.75, 3.05) is 6.54 Å².